The van der Waals surface area contributed by atoms with Gasteiger partial charge in [-0.15, -0.1) is 0 Å². The number of anilines is 1. The number of carbonyl (C=O) groups is 2. The fraction of sp³-hybridized carbons (Fsp3) is 0.176. The van der Waals surface area contributed by atoms with E-state index in [0.717, 1.165) is 4.47 Å². The lowest BCUT2D eigenvalue weighted by Crippen LogP contribution is -2.40. The van der Waals surface area contributed by atoms with Crippen molar-refractivity contribution in [2.45, 2.75) is 12.0 Å². The van der Waals surface area contributed by atoms with Crippen LogP contribution < -0.4 is 4.90 Å². The summed E-state index contributed by atoms with van der Waals surface area (Å²) in [5, 5.41) is 11.3. The second-order valence-corrected chi connectivity index (χ2v) is 6.85. The fourth-order valence-corrected chi connectivity index (χ4v) is 3.37. The molecule has 6 heteroatoms. The Morgan fingerprint density at radius 2 is 2.04 bits per heavy atom. The Labute approximate surface area is 146 Å². The summed E-state index contributed by atoms with van der Waals surface area (Å²) in [5.41, 5.74) is -0.544. The van der Waals surface area contributed by atoms with Crippen molar-refractivity contribution in [1.82, 2.24) is 0 Å². The smallest absolute Gasteiger partial charge is 0.263 e. The van der Waals surface area contributed by atoms with Crippen molar-refractivity contribution in [1.29, 1.82) is 0 Å². The molecule has 1 amide bonds. The molecule has 0 fully saturated rings. The number of hydrogen-bond acceptors (Lipinski definition) is 3. The minimum atomic E-state index is -1.89. The van der Waals surface area contributed by atoms with Gasteiger partial charge in [-0.25, -0.2) is 0 Å². The predicted molar refractivity (Wildman–Crippen MR) is 91.8 cm³/mol. The maximum Gasteiger partial charge on any atom is 0.263 e. The van der Waals surface area contributed by atoms with Crippen LogP contribution in [0.15, 0.2) is 46.9 Å². The lowest BCUT2D eigenvalue weighted by atomic mass is 9.88. The van der Waals surface area contributed by atoms with Crippen LogP contribution in [0.2, 0.25) is 5.02 Å². The lowest BCUT2D eigenvalue weighted by Gasteiger charge is -2.21. The molecule has 3 rings (SSSR count). The monoisotopic (exact) mass is 393 g/mol. The normalized spacial score (nSPS) is 19.8. The van der Waals surface area contributed by atoms with E-state index < -0.39 is 11.5 Å². The summed E-state index contributed by atoms with van der Waals surface area (Å²) < 4.78 is 0.758. The maximum absolute atomic E-state index is 12.5. The van der Waals surface area contributed by atoms with E-state index in [1.165, 1.54) is 11.0 Å². The number of rotatable bonds is 3. The molecule has 1 aliphatic heterocycles. The zero-order valence-electron chi connectivity index (χ0n) is 12.2. The van der Waals surface area contributed by atoms with E-state index in [2.05, 4.69) is 15.9 Å². The lowest BCUT2D eigenvalue weighted by molar-refractivity contribution is -0.135. The Morgan fingerprint density at radius 3 is 2.74 bits per heavy atom. The van der Waals surface area contributed by atoms with Crippen molar-refractivity contribution in [3.05, 3.63) is 63.1 Å². The summed E-state index contributed by atoms with van der Waals surface area (Å²) in [6.07, 6.45) is -0.333. The van der Waals surface area contributed by atoms with Crippen molar-refractivity contribution < 1.29 is 14.7 Å². The van der Waals surface area contributed by atoms with Crippen LogP contribution in [0.3, 0.4) is 0 Å². The summed E-state index contributed by atoms with van der Waals surface area (Å²) in [7, 11) is 1.57. The van der Waals surface area contributed by atoms with Gasteiger partial charge in [-0.1, -0.05) is 39.7 Å². The van der Waals surface area contributed by atoms with E-state index in [4.69, 9.17) is 11.6 Å². The molecule has 23 heavy (non-hydrogen) atoms. The van der Waals surface area contributed by atoms with E-state index in [0.29, 0.717) is 21.8 Å². The number of carbonyl (C=O) groups excluding carboxylic acids is 2. The van der Waals surface area contributed by atoms with Crippen LogP contribution in [0, 0.1) is 0 Å². The van der Waals surface area contributed by atoms with Gasteiger partial charge in [-0.2, -0.15) is 0 Å². The van der Waals surface area contributed by atoms with E-state index in [-0.39, 0.29) is 12.2 Å². The highest BCUT2D eigenvalue weighted by Gasteiger charge is 2.49. The number of fused-ring (bicyclic) bond motifs is 1. The molecule has 0 saturated heterocycles. The molecule has 1 atom stereocenters. The molecule has 2 aromatic rings. The summed E-state index contributed by atoms with van der Waals surface area (Å²) >= 11 is 9.29. The molecule has 2 aromatic carbocycles. The molecule has 1 heterocycles. The molecular formula is C17H13BrClNO3. The van der Waals surface area contributed by atoms with E-state index >= 15 is 0 Å². The van der Waals surface area contributed by atoms with E-state index in [1.54, 1.807) is 43.4 Å². The number of hydrogen-bond donors (Lipinski definition) is 1. The molecule has 0 saturated carbocycles. The molecule has 0 aromatic heterocycles. The van der Waals surface area contributed by atoms with Gasteiger partial charge in [0, 0.05) is 27.7 Å². The Morgan fingerprint density at radius 1 is 1.30 bits per heavy atom. The van der Waals surface area contributed by atoms with Gasteiger partial charge in [0.2, 0.25) is 0 Å². The number of Topliss-reactive ketones (excluding diaryl/α,β-unsaturated/α-hetero) is 1. The quantitative estimate of drug-likeness (QED) is 0.810. The Balaban J connectivity index is 2.00. The predicted octanol–water partition coefficient (Wildman–Crippen LogP) is 3.54. The zero-order chi connectivity index (χ0) is 16.8. The van der Waals surface area contributed by atoms with Crippen molar-refractivity contribution in [3.63, 3.8) is 0 Å². The topological polar surface area (TPSA) is 57.6 Å². The first-order chi connectivity index (χ1) is 10.8. The molecule has 4 nitrogen and oxygen atoms in total. The molecule has 1 aliphatic rings. The molecule has 118 valence electrons. The number of nitrogens with zero attached hydrogens (tertiary/aromatic N) is 1. The SMILES string of the molecule is CN1C(=O)[C@](O)(CC(=O)c2cccc(Br)c2)c2cc(Cl)ccc21. The molecule has 0 radical (unpaired) electrons. The van der Waals surface area contributed by atoms with Crippen molar-refractivity contribution in [3.8, 4) is 0 Å². The maximum atomic E-state index is 12.5. The zero-order valence-corrected chi connectivity index (χ0v) is 14.6. The van der Waals surface area contributed by atoms with Crippen LogP contribution in [0.25, 0.3) is 0 Å². The highest BCUT2D eigenvalue weighted by atomic mass is 79.9. The standard InChI is InChI=1S/C17H13BrClNO3/c1-20-14-6-5-12(19)8-13(14)17(23,16(20)22)9-15(21)10-3-2-4-11(18)7-10/h2-8,23H,9H2,1H3/t17-/m0/s1. The number of aliphatic hydroxyl groups is 1. The van der Waals surface area contributed by atoms with Gasteiger partial charge >= 0.3 is 0 Å². The van der Waals surface area contributed by atoms with E-state index in [1.807, 2.05) is 0 Å². The number of likely N-dealkylation sites (N-methyl/N-ethyl adjacent to an activating group) is 1. The molecule has 0 bridgehead atoms. The fourth-order valence-electron chi connectivity index (χ4n) is 2.80. The van der Waals surface area contributed by atoms with Crippen molar-refractivity contribution >= 4 is 44.9 Å². The Hall–Kier alpha value is -1.69. The van der Waals surface area contributed by atoms with Crippen LogP contribution in [0.5, 0.6) is 0 Å². The van der Waals surface area contributed by atoms with Gasteiger partial charge in [0.1, 0.15) is 0 Å². The first-order valence-electron chi connectivity index (χ1n) is 6.92. The minimum absolute atomic E-state index is 0.316. The highest BCUT2D eigenvalue weighted by Crippen LogP contribution is 2.43. The first-order valence-corrected chi connectivity index (χ1v) is 8.09. The minimum Gasteiger partial charge on any atom is -0.375 e. The Bertz CT molecular complexity index is 823. The first kappa shape index (κ1) is 16.2. The summed E-state index contributed by atoms with van der Waals surface area (Å²) in [6.45, 7) is 0. The van der Waals surface area contributed by atoms with Crippen LogP contribution in [-0.4, -0.2) is 23.8 Å². The molecule has 1 N–H and O–H groups in total. The molecule has 0 unspecified atom stereocenters. The van der Waals surface area contributed by atoms with Crippen molar-refractivity contribution in [2.24, 2.45) is 0 Å². The molecule has 0 spiro atoms. The second kappa shape index (κ2) is 5.74. The van der Waals surface area contributed by atoms with Crippen LogP contribution >= 0.6 is 27.5 Å². The number of ketones is 1. The summed E-state index contributed by atoms with van der Waals surface area (Å²) in [6, 6.07) is 11.7. The van der Waals surface area contributed by atoms with Gasteiger partial charge in [0.05, 0.1) is 12.1 Å². The van der Waals surface area contributed by atoms with Gasteiger partial charge in [-0.05, 0) is 30.3 Å². The van der Waals surface area contributed by atoms with Gasteiger partial charge in [0.25, 0.3) is 5.91 Å². The van der Waals surface area contributed by atoms with Crippen molar-refractivity contribution in [2.75, 3.05) is 11.9 Å². The highest BCUT2D eigenvalue weighted by molar-refractivity contribution is 9.10. The third kappa shape index (κ3) is 2.69. The van der Waals surface area contributed by atoms with Crippen LogP contribution in [0.1, 0.15) is 22.3 Å². The molecule has 0 aliphatic carbocycles. The average molecular weight is 395 g/mol. The molecular weight excluding hydrogens is 382 g/mol. The average Bonchev–Trinajstić information content (AvgIpc) is 2.69. The number of halogens is 2. The largest absolute Gasteiger partial charge is 0.375 e. The summed E-state index contributed by atoms with van der Waals surface area (Å²) in [5.74, 6) is -0.846. The van der Waals surface area contributed by atoms with Gasteiger partial charge in [-0.3, -0.25) is 9.59 Å². The number of benzene rings is 2. The number of amides is 1. The van der Waals surface area contributed by atoms with Crippen LogP contribution in [0.4, 0.5) is 5.69 Å². The van der Waals surface area contributed by atoms with Crippen LogP contribution in [-0.2, 0) is 10.4 Å². The third-order valence-electron chi connectivity index (χ3n) is 3.99. The summed E-state index contributed by atoms with van der Waals surface area (Å²) in [4.78, 5) is 26.4. The Kier molecular flexibility index (Phi) is 4.04. The third-order valence-corrected chi connectivity index (χ3v) is 4.72. The van der Waals surface area contributed by atoms with E-state index in [9.17, 15) is 14.7 Å². The van der Waals surface area contributed by atoms with Gasteiger partial charge < -0.3 is 10.0 Å². The van der Waals surface area contributed by atoms with Gasteiger partial charge in [0.15, 0.2) is 11.4 Å². The second-order valence-electron chi connectivity index (χ2n) is 5.50.